The number of carboxylic acids is 2. The zero-order valence-corrected chi connectivity index (χ0v) is 35.7. The van der Waals surface area contributed by atoms with E-state index in [1.807, 2.05) is 0 Å². The third kappa shape index (κ3) is 34.7. The van der Waals surface area contributed by atoms with Gasteiger partial charge in [0.1, 0.15) is 0 Å². The van der Waals surface area contributed by atoms with Crippen molar-refractivity contribution in [1.82, 2.24) is 0 Å². The van der Waals surface area contributed by atoms with Crippen LogP contribution in [-0.2, 0) is 9.59 Å². The first kappa shape index (κ1) is 50.9. The van der Waals surface area contributed by atoms with Crippen LogP contribution in [0.4, 0.5) is 0 Å². The smallest absolute Gasteiger partial charge is 0.306 e. The van der Waals surface area contributed by atoms with Crippen molar-refractivity contribution >= 4 is 11.9 Å². The average molecular weight is 735 g/mol. The molecule has 0 fully saturated rings. The van der Waals surface area contributed by atoms with Gasteiger partial charge >= 0.3 is 11.9 Å². The van der Waals surface area contributed by atoms with E-state index in [0.29, 0.717) is 19.3 Å². The van der Waals surface area contributed by atoms with Crippen LogP contribution in [0.25, 0.3) is 0 Å². The molecule has 310 valence electrons. The molecule has 0 spiro atoms. The van der Waals surface area contributed by atoms with Crippen LogP contribution >= 0.6 is 0 Å². The number of rotatable bonds is 44. The van der Waals surface area contributed by atoms with Gasteiger partial charge < -0.3 is 10.2 Å². The predicted octanol–water partition coefficient (Wildman–Crippen LogP) is 16.7. The highest BCUT2D eigenvalue weighted by atomic mass is 16.4. The number of carbonyl (C=O) groups is 2. The first-order chi connectivity index (χ1) is 25.5. The van der Waals surface area contributed by atoms with Gasteiger partial charge in [-0.25, -0.2) is 0 Å². The summed E-state index contributed by atoms with van der Waals surface area (Å²) in [5, 5.41) is 20.6. The summed E-state index contributed by atoms with van der Waals surface area (Å²) in [4.78, 5) is 25.1. The molecule has 0 aromatic heterocycles. The minimum Gasteiger partial charge on any atom is -0.481 e. The molecular formula is C48H94O4. The zero-order valence-electron chi connectivity index (χ0n) is 35.7. The molecule has 0 saturated carbocycles. The number of unbranched alkanes of at least 4 members (excludes halogenated alkanes) is 33. The lowest BCUT2D eigenvalue weighted by molar-refractivity contribution is -0.147. The van der Waals surface area contributed by atoms with E-state index >= 15 is 0 Å². The molecule has 0 aliphatic rings. The van der Waals surface area contributed by atoms with Crippen molar-refractivity contribution in [2.45, 2.75) is 278 Å². The summed E-state index contributed by atoms with van der Waals surface area (Å²) in [6.45, 7) is 6.81. The van der Waals surface area contributed by atoms with Crippen LogP contribution in [0, 0.1) is 17.8 Å². The summed E-state index contributed by atoms with van der Waals surface area (Å²) >= 11 is 0. The number of carboxylic acid groups (broad SMARTS) is 2. The average Bonchev–Trinajstić information content (AvgIpc) is 3.13. The quantitative estimate of drug-likeness (QED) is 0.0611. The van der Waals surface area contributed by atoms with E-state index in [1.54, 1.807) is 0 Å². The fourth-order valence-electron chi connectivity index (χ4n) is 8.44. The second kappa shape index (κ2) is 41.1. The summed E-state index contributed by atoms with van der Waals surface area (Å²) in [5.74, 6) is -2.24. The number of hydrogen-bond acceptors (Lipinski definition) is 2. The van der Waals surface area contributed by atoms with E-state index in [9.17, 15) is 19.8 Å². The third-order valence-electron chi connectivity index (χ3n) is 12.0. The molecule has 3 unspecified atom stereocenters. The van der Waals surface area contributed by atoms with Gasteiger partial charge in [0.15, 0.2) is 0 Å². The third-order valence-corrected chi connectivity index (χ3v) is 12.0. The first-order valence-corrected chi connectivity index (χ1v) is 23.9. The van der Waals surface area contributed by atoms with Crippen molar-refractivity contribution in [3.8, 4) is 0 Å². The molecule has 0 heterocycles. The van der Waals surface area contributed by atoms with E-state index in [-0.39, 0.29) is 5.92 Å². The summed E-state index contributed by atoms with van der Waals surface area (Å²) in [5.41, 5.74) is 0. The van der Waals surface area contributed by atoms with Crippen LogP contribution in [0.2, 0.25) is 0 Å². The maximum absolute atomic E-state index is 12.7. The Morgan fingerprint density at radius 2 is 0.577 bits per heavy atom. The van der Waals surface area contributed by atoms with E-state index in [0.717, 1.165) is 44.9 Å². The van der Waals surface area contributed by atoms with Gasteiger partial charge in [0, 0.05) is 0 Å². The highest BCUT2D eigenvalue weighted by Crippen LogP contribution is 2.33. The Hall–Kier alpha value is -1.06. The second-order valence-electron chi connectivity index (χ2n) is 17.0. The van der Waals surface area contributed by atoms with Crippen LogP contribution in [0.1, 0.15) is 278 Å². The van der Waals surface area contributed by atoms with Gasteiger partial charge in [-0.15, -0.1) is 0 Å². The number of aliphatic carboxylic acids is 2. The molecule has 0 bridgehead atoms. The normalized spacial score (nSPS) is 13.4. The fraction of sp³-hybridized carbons (Fsp3) is 0.958. The second-order valence-corrected chi connectivity index (χ2v) is 17.0. The lowest BCUT2D eigenvalue weighted by Gasteiger charge is -2.27. The van der Waals surface area contributed by atoms with E-state index < -0.39 is 23.8 Å². The summed E-state index contributed by atoms with van der Waals surface area (Å²) < 4.78 is 0. The van der Waals surface area contributed by atoms with Crippen LogP contribution in [0.15, 0.2) is 0 Å². The van der Waals surface area contributed by atoms with Gasteiger partial charge in [-0.2, -0.15) is 0 Å². The minimum atomic E-state index is -0.711. The summed E-state index contributed by atoms with van der Waals surface area (Å²) in [6.07, 6.45) is 49.0. The Kier molecular flexibility index (Phi) is 40.3. The largest absolute Gasteiger partial charge is 0.481 e. The Morgan fingerprint density at radius 3 is 0.846 bits per heavy atom. The highest BCUT2D eigenvalue weighted by molar-refractivity contribution is 5.71. The Bertz CT molecular complexity index is 736. The summed E-state index contributed by atoms with van der Waals surface area (Å²) in [7, 11) is 0. The SMILES string of the molecule is CCCCCCCCCCCCCCC(CC(CCCCCCCCCCCCCC)C(CCCCCCCCCCCCCC)C(=O)O)C(=O)O. The van der Waals surface area contributed by atoms with E-state index in [2.05, 4.69) is 20.8 Å². The fourth-order valence-corrected chi connectivity index (χ4v) is 8.44. The maximum Gasteiger partial charge on any atom is 0.306 e. The van der Waals surface area contributed by atoms with Gasteiger partial charge in [-0.1, -0.05) is 252 Å². The predicted molar refractivity (Wildman–Crippen MR) is 227 cm³/mol. The standard InChI is InChI=1S/C48H94O4/c1-4-7-10-13-16-19-22-25-28-31-34-37-40-44(46(48(51)52)42-39-36-33-30-27-24-21-18-15-12-9-6-3)43-45(47(49)50)41-38-35-32-29-26-23-20-17-14-11-8-5-2/h44-46H,4-43H2,1-3H3,(H,49,50)(H,51,52). The van der Waals surface area contributed by atoms with Crippen molar-refractivity contribution in [3.63, 3.8) is 0 Å². The maximum atomic E-state index is 12.7. The molecule has 0 saturated heterocycles. The Labute approximate surface area is 326 Å². The molecule has 0 radical (unpaired) electrons. The molecular weight excluding hydrogens is 641 g/mol. The Morgan fingerprint density at radius 1 is 0.327 bits per heavy atom. The van der Waals surface area contributed by atoms with Crippen LogP contribution < -0.4 is 0 Å². The molecule has 4 nitrogen and oxygen atoms in total. The molecule has 0 aromatic carbocycles. The van der Waals surface area contributed by atoms with Crippen molar-refractivity contribution in [1.29, 1.82) is 0 Å². The highest BCUT2D eigenvalue weighted by Gasteiger charge is 2.31. The zero-order chi connectivity index (χ0) is 38.2. The lowest BCUT2D eigenvalue weighted by atomic mass is 9.77. The van der Waals surface area contributed by atoms with Gasteiger partial charge in [0.05, 0.1) is 11.8 Å². The molecule has 0 amide bonds. The topological polar surface area (TPSA) is 74.6 Å². The van der Waals surface area contributed by atoms with Gasteiger partial charge in [0.2, 0.25) is 0 Å². The van der Waals surface area contributed by atoms with Crippen molar-refractivity contribution in [2.24, 2.45) is 17.8 Å². The number of hydrogen-bond donors (Lipinski definition) is 2. The van der Waals surface area contributed by atoms with Gasteiger partial charge in [-0.3, -0.25) is 9.59 Å². The summed E-state index contributed by atoms with van der Waals surface area (Å²) in [6, 6.07) is 0. The molecule has 3 atom stereocenters. The van der Waals surface area contributed by atoms with Gasteiger partial charge in [0.25, 0.3) is 0 Å². The van der Waals surface area contributed by atoms with Crippen LogP contribution in [0.5, 0.6) is 0 Å². The molecule has 0 aliphatic heterocycles. The molecule has 4 heteroatoms. The molecule has 0 aliphatic carbocycles. The molecule has 0 aromatic rings. The minimum absolute atomic E-state index is 0.0215. The van der Waals surface area contributed by atoms with Crippen LogP contribution in [0.3, 0.4) is 0 Å². The van der Waals surface area contributed by atoms with Crippen molar-refractivity contribution in [3.05, 3.63) is 0 Å². The van der Waals surface area contributed by atoms with Gasteiger partial charge in [-0.05, 0) is 31.6 Å². The van der Waals surface area contributed by atoms with E-state index in [4.69, 9.17) is 0 Å². The Balaban J connectivity index is 4.73. The molecule has 0 rings (SSSR count). The lowest BCUT2D eigenvalue weighted by Crippen LogP contribution is -2.28. The molecule has 2 N–H and O–H groups in total. The first-order valence-electron chi connectivity index (χ1n) is 23.9. The molecule has 52 heavy (non-hydrogen) atoms. The van der Waals surface area contributed by atoms with Crippen LogP contribution in [-0.4, -0.2) is 22.2 Å². The van der Waals surface area contributed by atoms with Crippen molar-refractivity contribution in [2.75, 3.05) is 0 Å². The van der Waals surface area contributed by atoms with Crippen molar-refractivity contribution < 1.29 is 19.8 Å². The monoisotopic (exact) mass is 735 g/mol. The van der Waals surface area contributed by atoms with E-state index in [1.165, 1.54) is 193 Å².